The number of piperidine rings is 1. The Morgan fingerprint density at radius 3 is 2.52 bits per heavy atom. The lowest BCUT2D eigenvalue weighted by molar-refractivity contribution is -0.128. The Kier molecular flexibility index (Phi) is 6.20. The maximum absolute atomic E-state index is 12.3. The lowest BCUT2D eigenvalue weighted by Gasteiger charge is -2.33. The van der Waals surface area contributed by atoms with Crippen molar-refractivity contribution in [1.29, 1.82) is 0 Å². The molecule has 25 heavy (non-hydrogen) atoms. The van der Waals surface area contributed by atoms with Crippen LogP contribution in [0.3, 0.4) is 0 Å². The number of rotatable bonds is 4. The van der Waals surface area contributed by atoms with Gasteiger partial charge in [0.2, 0.25) is 11.8 Å². The average Bonchev–Trinajstić information content (AvgIpc) is 2.68. The van der Waals surface area contributed by atoms with Crippen molar-refractivity contribution in [3.05, 3.63) is 36.2 Å². The van der Waals surface area contributed by atoms with E-state index >= 15 is 0 Å². The summed E-state index contributed by atoms with van der Waals surface area (Å²) in [5.41, 5.74) is 0.783. The second kappa shape index (κ2) is 8.79. The second-order valence-corrected chi connectivity index (χ2v) is 7.03. The molecule has 0 aromatic carbocycles. The molecule has 5 heteroatoms. The van der Waals surface area contributed by atoms with Crippen LogP contribution in [0, 0.1) is 5.92 Å². The summed E-state index contributed by atoms with van der Waals surface area (Å²) in [6.07, 6.45) is 12.4. The Morgan fingerprint density at radius 1 is 1.08 bits per heavy atom. The monoisotopic (exact) mass is 341 g/mol. The van der Waals surface area contributed by atoms with Gasteiger partial charge in [-0.1, -0.05) is 25.3 Å². The molecule has 1 aliphatic heterocycles. The van der Waals surface area contributed by atoms with Gasteiger partial charge < -0.3 is 10.2 Å². The van der Waals surface area contributed by atoms with Crippen molar-refractivity contribution >= 4 is 17.9 Å². The quantitative estimate of drug-likeness (QED) is 0.857. The molecule has 1 aromatic rings. The summed E-state index contributed by atoms with van der Waals surface area (Å²) >= 11 is 0. The Hall–Kier alpha value is -2.17. The maximum Gasteiger partial charge on any atom is 0.246 e. The number of aromatic nitrogens is 1. The third kappa shape index (κ3) is 5.15. The molecule has 0 spiro atoms. The first-order valence-corrected chi connectivity index (χ1v) is 9.41. The first-order chi connectivity index (χ1) is 12.2. The SMILES string of the molecule is O=C(NC1CCN(C(=O)C=Cc2ccccn2)CC1)C1CCCCC1. The van der Waals surface area contributed by atoms with Crippen LogP contribution in [-0.2, 0) is 9.59 Å². The molecule has 1 aromatic heterocycles. The Morgan fingerprint density at radius 2 is 1.84 bits per heavy atom. The molecule has 2 heterocycles. The molecule has 2 amide bonds. The number of likely N-dealkylation sites (tertiary alicyclic amines) is 1. The maximum atomic E-state index is 12.3. The van der Waals surface area contributed by atoms with Gasteiger partial charge in [-0.15, -0.1) is 0 Å². The summed E-state index contributed by atoms with van der Waals surface area (Å²) in [6.45, 7) is 1.39. The van der Waals surface area contributed by atoms with Crippen molar-refractivity contribution in [2.45, 2.75) is 51.0 Å². The van der Waals surface area contributed by atoms with Crippen molar-refractivity contribution in [2.75, 3.05) is 13.1 Å². The van der Waals surface area contributed by atoms with Gasteiger partial charge in [0.05, 0.1) is 5.69 Å². The van der Waals surface area contributed by atoms with Crippen LogP contribution < -0.4 is 5.32 Å². The van der Waals surface area contributed by atoms with Gasteiger partial charge in [-0.25, -0.2) is 0 Å². The number of carbonyl (C=O) groups excluding carboxylic acids is 2. The molecule has 0 atom stereocenters. The Bertz CT molecular complexity index is 601. The predicted molar refractivity (Wildman–Crippen MR) is 97.6 cm³/mol. The Labute approximate surface area is 149 Å². The summed E-state index contributed by atoms with van der Waals surface area (Å²) < 4.78 is 0. The molecule has 0 radical (unpaired) electrons. The lowest BCUT2D eigenvalue weighted by atomic mass is 9.88. The first kappa shape index (κ1) is 17.6. The molecular formula is C20H27N3O2. The molecule has 1 saturated heterocycles. The van der Waals surface area contributed by atoms with Crippen molar-refractivity contribution in [3.8, 4) is 0 Å². The summed E-state index contributed by atoms with van der Waals surface area (Å²) in [5, 5.41) is 3.20. The number of pyridine rings is 1. The van der Waals surface area contributed by atoms with Gasteiger partial charge in [-0.05, 0) is 43.9 Å². The fourth-order valence-electron chi connectivity index (χ4n) is 3.66. The van der Waals surface area contributed by atoms with Crippen molar-refractivity contribution in [1.82, 2.24) is 15.2 Å². The minimum absolute atomic E-state index is 0.0164. The minimum Gasteiger partial charge on any atom is -0.353 e. The van der Waals surface area contributed by atoms with Gasteiger partial charge >= 0.3 is 0 Å². The number of hydrogen-bond acceptors (Lipinski definition) is 3. The highest BCUT2D eigenvalue weighted by Gasteiger charge is 2.26. The van der Waals surface area contributed by atoms with Crippen LogP contribution in [0.25, 0.3) is 6.08 Å². The molecule has 2 aliphatic rings. The predicted octanol–water partition coefficient (Wildman–Crippen LogP) is 2.78. The zero-order valence-corrected chi connectivity index (χ0v) is 14.7. The van der Waals surface area contributed by atoms with Crippen LogP contribution in [0.2, 0.25) is 0 Å². The van der Waals surface area contributed by atoms with Crippen LogP contribution in [0.5, 0.6) is 0 Å². The number of hydrogen-bond donors (Lipinski definition) is 1. The van der Waals surface area contributed by atoms with Crippen LogP contribution in [0.15, 0.2) is 30.5 Å². The molecule has 0 bridgehead atoms. The van der Waals surface area contributed by atoms with Crippen molar-refractivity contribution in [2.24, 2.45) is 5.92 Å². The molecular weight excluding hydrogens is 314 g/mol. The van der Waals surface area contributed by atoms with Gasteiger partial charge in [-0.2, -0.15) is 0 Å². The van der Waals surface area contributed by atoms with Crippen molar-refractivity contribution < 1.29 is 9.59 Å². The zero-order chi connectivity index (χ0) is 17.5. The highest BCUT2D eigenvalue weighted by Crippen LogP contribution is 2.24. The number of amides is 2. The van der Waals surface area contributed by atoms with Crippen LogP contribution in [0.1, 0.15) is 50.6 Å². The van der Waals surface area contributed by atoms with E-state index in [1.165, 1.54) is 19.3 Å². The molecule has 1 aliphatic carbocycles. The molecule has 0 unspecified atom stereocenters. The van der Waals surface area contributed by atoms with E-state index in [1.54, 1.807) is 18.3 Å². The van der Waals surface area contributed by atoms with Crippen LogP contribution in [-0.4, -0.2) is 40.8 Å². The highest BCUT2D eigenvalue weighted by atomic mass is 16.2. The van der Waals surface area contributed by atoms with E-state index in [-0.39, 0.29) is 23.8 Å². The number of nitrogens with one attached hydrogen (secondary N) is 1. The Balaban J connectivity index is 1.42. The zero-order valence-electron chi connectivity index (χ0n) is 14.7. The van der Waals surface area contributed by atoms with E-state index < -0.39 is 0 Å². The number of carbonyl (C=O) groups is 2. The molecule has 134 valence electrons. The van der Waals surface area contributed by atoms with E-state index in [1.807, 2.05) is 23.1 Å². The fourth-order valence-corrected chi connectivity index (χ4v) is 3.66. The molecule has 1 N–H and O–H groups in total. The first-order valence-electron chi connectivity index (χ1n) is 9.41. The lowest BCUT2D eigenvalue weighted by Crippen LogP contribution is -2.47. The molecule has 1 saturated carbocycles. The summed E-state index contributed by atoms with van der Waals surface area (Å²) in [7, 11) is 0. The standard InChI is InChI=1S/C20H27N3O2/c24-19(10-9-17-8-4-5-13-21-17)23-14-11-18(12-15-23)22-20(25)16-6-2-1-3-7-16/h4-5,8-10,13,16,18H,1-3,6-7,11-12,14-15H2,(H,22,25). The summed E-state index contributed by atoms with van der Waals surface area (Å²) in [4.78, 5) is 30.6. The van der Waals surface area contributed by atoms with E-state index in [2.05, 4.69) is 10.3 Å². The van der Waals surface area contributed by atoms with Gasteiger partial charge in [0.1, 0.15) is 0 Å². The van der Waals surface area contributed by atoms with E-state index in [9.17, 15) is 9.59 Å². The highest BCUT2D eigenvalue weighted by molar-refractivity contribution is 5.91. The smallest absolute Gasteiger partial charge is 0.246 e. The largest absolute Gasteiger partial charge is 0.353 e. The topological polar surface area (TPSA) is 62.3 Å². The van der Waals surface area contributed by atoms with Crippen molar-refractivity contribution in [3.63, 3.8) is 0 Å². The van der Waals surface area contributed by atoms with Gasteiger partial charge in [0.25, 0.3) is 0 Å². The molecule has 3 rings (SSSR count). The summed E-state index contributed by atoms with van der Waals surface area (Å²) in [6, 6.07) is 5.83. The summed E-state index contributed by atoms with van der Waals surface area (Å²) in [5.74, 6) is 0.442. The van der Waals surface area contributed by atoms with E-state index in [0.29, 0.717) is 13.1 Å². The normalized spacial score (nSPS) is 19.9. The molecule has 2 fully saturated rings. The van der Waals surface area contributed by atoms with Gasteiger partial charge in [-0.3, -0.25) is 14.6 Å². The average molecular weight is 341 g/mol. The number of nitrogens with zero attached hydrogens (tertiary/aromatic N) is 2. The van der Waals surface area contributed by atoms with Gasteiger partial charge in [0, 0.05) is 37.3 Å². The molecule has 5 nitrogen and oxygen atoms in total. The van der Waals surface area contributed by atoms with Crippen LogP contribution in [0.4, 0.5) is 0 Å². The second-order valence-electron chi connectivity index (χ2n) is 7.03. The fraction of sp³-hybridized carbons (Fsp3) is 0.550. The van der Waals surface area contributed by atoms with E-state index in [0.717, 1.165) is 31.4 Å². The van der Waals surface area contributed by atoms with E-state index in [4.69, 9.17) is 0 Å². The van der Waals surface area contributed by atoms with Crippen LogP contribution >= 0.6 is 0 Å². The third-order valence-corrected chi connectivity index (χ3v) is 5.21. The minimum atomic E-state index is 0.0164. The third-order valence-electron chi connectivity index (χ3n) is 5.21. The van der Waals surface area contributed by atoms with Gasteiger partial charge in [0.15, 0.2) is 0 Å².